The first kappa shape index (κ1) is 16.6. The minimum atomic E-state index is -0.805. The Kier molecular flexibility index (Phi) is 4.91. The molecular weight excluding hydrogens is 258 g/mol. The smallest absolute Gasteiger partial charge is 0.304 e. The Balaban J connectivity index is 2.79. The van der Waals surface area contributed by atoms with E-state index in [4.69, 9.17) is 9.52 Å². The maximum atomic E-state index is 10.7. The van der Waals surface area contributed by atoms with Crippen LogP contribution in [0.3, 0.4) is 0 Å². The second-order valence-corrected chi connectivity index (χ2v) is 6.99. The molecule has 1 heterocycles. The van der Waals surface area contributed by atoms with E-state index in [0.717, 1.165) is 0 Å². The van der Waals surface area contributed by atoms with E-state index in [1.807, 2.05) is 46.4 Å². The number of aliphatic carboxylic acids is 1. The second kappa shape index (κ2) is 5.91. The van der Waals surface area contributed by atoms with Crippen molar-refractivity contribution >= 4 is 5.97 Å². The average molecular weight is 283 g/mol. The van der Waals surface area contributed by atoms with Gasteiger partial charge in [0.1, 0.15) is 0 Å². The van der Waals surface area contributed by atoms with Gasteiger partial charge < -0.3 is 9.52 Å². The molecule has 0 unspecified atom stereocenters. The SMILES string of the molecule is CC(C)(C)c1nnc(CN(CCC(=O)O)C(C)(C)C)o1. The highest BCUT2D eigenvalue weighted by molar-refractivity contribution is 5.66. The van der Waals surface area contributed by atoms with E-state index in [1.165, 1.54) is 0 Å². The first-order valence-corrected chi connectivity index (χ1v) is 6.80. The third kappa shape index (κ3) is 4.92. The predicted molar refractivity (Wildman–Crippen MR) is 75.4 cm³/mol. The van der Waals surface area contributed by atoms with Crippen LogP contribution in [0.2, 0.25) is 0 Å². The van der Waals surface area contributed by atoms with Crippen LogP contribution < -0.4 is 0 Å². The summed E-state index contributed by atoms with van der Waals surface area (Å²) < 4.78 is 5.67. The molecular formula is C14H25N3O3. The lowest BCUT2D eigenvalue weighted by atomic mass is 9.97. The number of rotatable bonds is 5. The van der Waals surface area contributed by atoms with Gasteiger partial charge in [-0.15, -0.1) is 10.2 Å². The van der Waals surface area contributed by atoms with Crippen molar-refractivity contribution in [2.24, 2.45) is 0 Å². The number of aromatic nitrogens is 2. The summed E-state index contributed by atoms with van der Waals surface area (Å²) in [4.78, 5) is 12.8. The van der Waals surface area contributed by atoms with Crippen LogP contribution in [0.5, 0.6) is 0 Å². The monoisotopic (exact) mass is 283 g/mol. The van der Waals surface area contributed by atoms with E-state index in [1.54, 1.807) is 0 Å². The van der Waals surface area contributed by atoms with Crippen molar-refractivity contribution in [3.8, 4) is 0 Å². The summed E-state index contributed by atoms with van der Waals surface area (Å²) in [7, 11) is 0. The molecule has 0 fully saturated rings. The normalized spacial score (nSPS) is 12.9. The first-order chi connectivity index (χ1) is 9.00. The van der Waals surface area contributed by atoms with Crippen molar-refractivity contribution in [1.82, 2.24) is 15.1 Å². The summed E-state index contributed by atoms with van der Waals surface area (Å²) in [5, 5.41) is 16.9. The zero-order chi connectivity index (χ0) is 15.6. The molecule has 0 aliphatic carbocycles. The molecule has 0 aliphatic rings. The van der Waals surface area contributed by atoms with E-state index < -0.39 is 5.97 Å². The van der Waals surface area contributed by atoms with E-state index in [9.17, 15) is 4.79 Å². The fraction of sp³-hybridized carbons (Fsp3) is 0.786. The zero-order valence-electron chi connectivity index (χ0n) is 13.2. The largest absolute Gasteiger partial charge is 0.481 e. The minimum absolute atomic E-state index is 0.0948. The number of hydrogen-bond acceptors (Lipinski definition) is 5. The summed E-state index contributed by atoms with van der Waals surface area (Å²) in [5.41, 5.74) is -0.343. The van der Waals surface area contributed by atoms with Crippen molar-refractivity contribution in [3.63, 3.8) is 0 Å². The Morgan fingerprint density at radius 2 is 1.80 bits per heavy atom. The zero-order valence-corrected chi connectivity index (χ0v) is 13.2. The molecule has 6 nitrogen and oxygen atoms in total. The van der Waals surface area contributed by atoms with Gasteiger partial charge in [0.25, 0.3) is 0 Å². The third-order valence-electron chi connectivity index (χ3n) is 2.98. The topological polar surface area (TPSA) is 79.5 Å². The maximum Gasteiger partial charge on any atom is 0.304 e. The Bertz CT molecular complexity index is 455. The van der Waals surface area contributed by atoms with Crippen LogP contribution in [0, 0.1) is 0 Å². The number of carboxylic acid groups (broad SMARTS) is 1. The lowest BCUT2D eigenvalue weighted by Crippen LogP contribution is -2.42. The first-order valence-electron chi connectivity index (χ1n) is 6.80. The molecule has 0 amide bonds. The van der Waals surface area contributed by atoms with E-state index in [-0.39, 0.29) is 17.4 Å². The summed E-state index contributed by atoms with van der Waals surface area (Å²) >= 11 is 0. The van der Waals surface area contributed by atoms with Gasteiger partial charge in [-0.2, -0.15) is 0 Å². The third-order valence-corrected chi connectivity index (χ3v) is 2.98. The van der Waals surface area contributed by atoms with Crippen LogP contribution >= 0.6 is 0 Å². The Morgan fingerprint density at radius 3 is 2.20 bits per heavy atom. The van der Waals surface area contributed by atoms with Crippen LogP contribution in [0.1, 0.15) is 59.7 Å². The molecule has 0 saturated heterocycles. The summed E-state index contributed by atoms with van der Waals surface area (Å²) in [5.74, 6) is 0.315. The van der Waals surface area contributed by atoms with Crippen LogP contribution in [0.15, 0.2) is 4.42 Å². The van der Waals surface area contributed by atoms with Crippen molar-refractivity contribution in [3.05, 3.63) is 11.8 Å². The molecule has 1 rings (SSSR count). The average Bonchev–Trinajstić information content (AvgIpc) is 2.70. The highest BCUT2D eigenvalue weighted by Crippen LogP contribution is 2.22. The fourth-order valence-electron chi connectivity index (χ4n) is 1.67. The van der Waals surface area contributed by atoms with E-state index >= 15 is 0 Å². The summed E-state index contributed by atoms with van der Waals surface area (Å²) in [6.07, 6.45) is 0.0948. The Morgan fingerprint density at radius 1 is 1.20 bits per heavy atom. The minimum Gasteiger partial charge on any atom is -0.481 e. The van der Waals surface area contributed by atoms with Gasteiger partial charge >= 0.3 is 5.97 Å². The molecule has 0 atom stereocenters. The lowest BCUT2D eigenvalue weighted by molar-refractivity contribution is -0.137. The van der Waals surface area contributed by atoms with E-state index in [0.29, 0.717) is 24.9 Å². The van der Waals surface area contributed by atoms with Gasteiger partial charge in [0, 0.05) is 17.5 Å². The molecule has 6 heteroatoms. The Labute approximate surface area is 120 Å². The predicted octanol–water partition coefficient (Wildman–Crippen LogP) is 2.44. The molecule has 1 N–H and O–H groups in total. The van der Waals surface area contributed by atoms with Gasteiger partial charge in [-0.25, -0.2) is 0 Å². The van der Waals surface area contributed by atoms with Crippen LogP contribution in [0.25, 0.3) is 0 Å². The number of carboxylic acids is 1. The van der Waals surface area contributed by atoms with Gasteiger partial charge in [0.05, 0.1) is 13.0 Å². The molecule has 1 aromatic rings. The molecule has 0 aromatic carbocycles. The molecule has 20 heavy (non-hydrogen) atoms. The van der Waals surface area contributed by atoms with Gasteiger partial charge in [0.2, 0.25) is 11.8 Å². The quantitative estimate of drug-likeness (QED) is 0.894. The second-order valence-electron chi connectivity index (χ2n) is 6.99. The van der Waals surface area contributed by atoms with Crippen molar-refractivity contribution in [1.29, 1.82) is 0 Å². The molecule has 114 valence electrons. The maximum absolute atomic E-state index is 10.7. The van der Waals surface area contributed by atoms with Gasteiger partial charge in [0.15, 0.2) is 0 Å². The van der Waals surface area contributed by atoms with Crippen LogP contribution in [-0.2, 0) is 16.8 Å². The van der Waals surface area contributed by atoms with Gasteiger partial charge in [-0.3, -0.25) is 9.69 Å². The van der Waals surface area contributed by atoms with Crippen molar-refractivity contribution < 1.29 is 14.3 Å². The van der Waals surface area contributed by atoms with Crippen LogP contribution in [-0.4, -0.2) is 38.3 Å². The highest BCUT2D eigenvalue weighted by atomic mass is 16.4. The molecule has 1 aromatic heterocycles. The van der Waals surface area contributed by atoms with Crippen molar-refractivity contribution in [2.45, 2.75) is 65.5 Å². The summed E-state index contributed by atoms with van der Waals surface area (Å²) in [6.45, 7) is 13.1. The number of nitrogens with zero attached hydrogens (tertiary/aromatic N) is 3. The van der Waals surface area contributed by atoms with Gasteiger partial charge in [-0.05, 0) is 20.8 Å². The molecule has 0 spiro atoms. The molecule has 0 bridgehead atoms. The molecule has 0 saturated carbocycles. The fourth-order valence-corrected chi connectivity index (χ4v) is 1.67. The summed E-state index contributed by atoms with van der Waals surface area (Å²) in [6, 6.07) is 0. The Hall–Kier alpha value is -1.43. The van der Waals surface area contributed by atoms with Crippen LogP contribution in [0.4, 0.5) is 0 Å². The number of carbonyl (C=O) groups is 1. The van der Waals surface area contributed by atoms with E-state index in [2.05, 4.69) is 10.2 Å². The van der Waals surface area contributed by atoms with Gasteiger partial charge in [-0.1, -0.05) is 20.8 Å². The molecule has 0 radical (unpaired) electrons. The standard InChI is InChI=1S/C14H25N3O3/c1-13(2,3)12-16-15-10(20-12)9-17(14(4,5)6)8-7-11(18)19/h7-9H2,1-6H3,(H,18,19). The molecule has 0 aliphatic heterocycles. The number of hydrogen-bond donors (Lipinski definition) is 1. The van der Waals surface area contributed by atoms with Crippen molar-refractivity contribution in [2.75, 3.05) is 6.54 Å². The lowest BCUT2D eigenvalue weighted by Gasteiger charge is -2.34. The highest BCUT2D eigenvalue weighted by Gasteiger charge is 2.26.